The molecule has 0 spiro atoms. The van der Waals surface area contributed by atoms with E-state index in [-0.39, 0.29) is 24.4 Å². The third kappa shape index (κ3) is 2.52. The van der Waals surface area contributed by atoms with Gasteiger partial charge in [0.05, 0.1) is 6.04 Å². The smallest absolute Gasteiger partial charge is 0.239 e. The fourth-order valence-electron chi connectivity index (χ4n) is 0.949. The molecule has 1 atom stereocenters. The summed E-state index contributed by atoms with van der Waals surface area (Å²) in [5.74, 6) is 0.0324. The molecule has 64 valence electrons. The molecule has 0 aliphatic carbocycles. The number of halogens is 1. The molecular weight excluding hydrogens is 164 g/mol. The zero-order valence-electron chi connectivity index (χ0n) is 6.49. The predicted molar refractivity (Wildman–Crippen MR) is 46.6 cm³/mol. The van der Waals surface area contributed by atoms with Gasteiger partial charge in [0, 0.05) is 13.6 Å². The van der Waals surface area contributed by atoms with Gasteiger partial charge in [0.1, 0.15) is 0 Å². The van der Waals surface area contributed by atoms with E-state index in [1.54, 1.807) is 11.9 Å². The molecule has 4 heteroatoms. The molecule has 0 radical (unpaired) electrons. The van der Waals surface area contributed by atoms with Crippen LogP contribution in [-0.2, 0) is 4.79 Å². The van der Waals surface area contributed by atoms with Crippen LogP contribution in [0.25, 0.3) is 0 Å². The molecule has 0 aromatic heterocycles. The molecular formula is C7H13ClN2O. The van der Waals surface area contributed by atoms with Crippen molar-refractivity contribution in [2.24, 2.45) is 5.73 Å². The lowest BCUT2D eigenvalue weighted by Gasteiger charge is -2.15. The number of nitrogens with two attached hydrogens (primary N) is 1. The molecule has 1 rings (SSSR count). The van der Waals surface area contributed by atoms with Crippen LogP contribution < -0.4 is 5.73 Å². The maximum absolute atomic E-state index is 11.1. The Labute approximate surface area is 72.6 Å². The molecule has 0 saturated heterocycles. The van der Waals surface area contributed by atoms with Gasteiger partial charge in [-0.05, 0) is 6.42 Å². The highest BCUT2D eigenvalue weighted by molar-refractivity contribution is 5.85. The van der Waals surface area contributed by atoms with Crippen molar-refractivity contribution < 1.29 is 4.79 Å². The first-order chi connectivity index (χ1) is 4.72. The highest BCUT2D eigenvalue weighted by atomic mass is 35.5. The van der Waals surface area contributed by atoms with Crippen molar-refractivity contribution in [3.05, 3.63) is 12.2 Å². The molecule has 1 aliphatic heterocycles. The molecule has 0 unspecified atom stereocenters. The fourth-order valence-corrected chi connectivity index (χ4v) is 0.949. The lowest BCUT2D eigenvalue weighted by Crippen LogP contribution is -2.40. The van der Waals surface area contributed by atoms with Crippen LogP contribution in [0.4, 0.5) is 0 Å². The van der Waals surface area contributed by atoms with Crippen LogP contribution in [0.15, 0.2) is 12.2 Å². The monoisotopic (exact) mass is 176 g/mol. The molecule has 1 heterocycles. The minimum atomic E-state index is -0.330. The Kier molecular flexibility index (Phi) is 4.15. The number of hydrogen-bond acceptors (Lipinski definition) is 2. The summed E-state index contributed by atoms with van der Waals surface area (Å²) in [5, 5.41) is 0. The molecule has 0 aromatic rings. The maximum atomic E-state index is 11.1. The summed E-state index contributed by atoms with van der Waals surface area (Å²) < 4.78 is 0. The zero-order chi connectivity index (χ0) is 7.56. The zero-order valence-corrected chi connectivity index (χ0v) is 7.30. The lowest BCUT2D eigenvalue weighted by atomic mass is 10.2. The summed E-state index contributed by atoms with van der Waals surface area (Å²) in [7, 11) is 1.76. The topological polar surface area (TPSA) is 46.3 Å². The van der Waals surface area contributed by atoms with Crippen molar-refractivity contribution in [3.8, 4) is 0 Å². The van der Waals surface area contributed by atoms with Gasteiger partial charge < -0.3 is 10.6 Å². The molecule has 11 heavy (non-hydrogen) atoms. The van der Waals surface area contributed by atoms with E-state index in [1.165, 1.54) is 0 Å². The van der Waals surface area contributed by atoms with Crippen molar-refractivity contribution in [1.29, 1.82) is 0 Å². The summed E-state index contributed by atoms with van der Waals surface area (Å²) in [6, 6.07) is -0.330. The second-order valence-electron chi connectivity index (χ2n) is 2.53. The summed E-state index contributed by atoms with van der Waals surface area (Å²) in [6.45, 7) is 0.687. The fraction of sp³-hybridized carbons (Fsp3) is 0.571. The number of rotatable bonds is 0. The Hall–Kier alpha value is -0.540. The van der Waals surface area contributed by atoms with Gasteiger partial charge in [0.2, 0.25) is 5.91 Å². The Bertz CT molecular complexity index is 154. The van der Waals surface area contributed by atoms with Crippen LogP contribution in [0.3, 0.4) is 0 Å². The molecule has 1 amide bonds. The second kappa shape index (κ2) is 4.36. The summed E-state index contributed by atoms with van der Waals surface area (Å²) >= 11 is 0. The van der Waals surface area contributed by atoms with Gasteiger partial charge in [-0.15, -0.1) is 12.4 Å². The SMILES string of the molecule is CN1CC=CC[C@H](N)C1=O.Cl. The van der Waals surface area contributed by atoms with Gasteiger partial charge in [-0.25, -0.2) is 0 Å². The van der Waals surface area contributed by atoms with Gasteiger partial charge in [-0.1, -0.05) is 12.2 Å². The maximum Gasteiger partial charge on any atom is 0.239 e. The molecule has 0 fully saturated rings. The van der Waals surface area contributed by atoms with E-state index in [0.717, 1.165) is 0 Å². The van der Waals surface area contributed by atoms with Crippen molar-refractivity contribution in [2.75, 3.05) is 13.6 Å². The van der Waals surface area contributed by atoms with Gasteiger partial charge >= 0.3 is 0 Å². The average molecular weight is 177 g/mol. The van der Waals surface area contributed by atoms with Gasteiger partial charge in [0.15, 0.2) is 0 Å². The number of carbonyl (C=O) groups is 1. The largest absolute Gasteiger partial charge is 0.341 e. The number of amides is 1. The van der Waals surface area contributed by atoms with Crippen molar-refractivity contribution in [3.63, 3.8) is 0 Å². The highest BCUT2D eigenvalue weighted by Crippen LogP contribution is 2.00. The summed E-state index contributed by atoms with van der Waals surface area (Å²) in [5.41, 5.74) is 5.53. The number of likely N-dealkylation sites (N-methyl/N-ethyl adjacent to an activating group) is 1. The third-order valence-corrected chi connectivity index (χ3v) is 1.63. The first-order valence-corrected chi connectivity index (χ1v) is 3.37. The average Bonchev–Trinajstić information content (AvgIpc) is 2.04. The van der Waals surface area contributed by atoms with Crippen LogP contribution in [-0.4, -0.2) is 30.4 Å². The predicted octanol–water partition coefficient (Wildman–Crippen LogP) is 0.154. The van der Waals surface area contributed by atoms with E-state index in [2.05, 4.69) is 0 Å². The molecule has 2 N–H and O–H groups in total. The first-order valence-electron chi connectivity index (χ1n) is 3.37. The van der Waals surface area contributed by atoms with E-state index >= 15 is 0 Å². The number of nitrogens with zero attached hydrogens (tertiary/aromatic N) is 1. The first kappa shape index (κ1) is 10.5. The van der Waals surface area contributed by atoms with E-state index in [1.807, 2.05) is 12.2 Å². The molecule has 0 saturated carbocycles. The summed E-state index contributed by atoms with van der Waals surface area (Å²) in [4.78, 5) is 12.7. The number of carbonyl (C=O) groups excluding carboxylic acids is 1. The minimum Gasteiger partial charge on any atom is -0.341 e. The van der Waals surface area contributed by atoms with Crippen LogP contribution in [0.1, 0.15) is 6.42 Å². The van der Waals surface area contributed by atoms with Gasteiger partial charge in [-0.2, -0.15) is 0 Å². The normalized spacial score (nSPS) is 24.4. The lowest BCUT2D eigenvalue weighted by molar-refractivity contribution is -0.130. The Morgan fingerprint density at radius 3 is 2.91 bits per heavy atom. The second-order valence-corrected chi connectivity index (χ2v) is 2.53. The van der Waals surface area contributed by atoms with Gasteiger partial charge in [-0.3, -0.25) is 4.79 Å². The van der Waals surface area contributed by atoms with Crippen molar-refractivity contribution >= 4 is 18.3 Å². The van der Waals surface area contributed by atoms with E-state index < -0.39 is 0 Å². The van der Waals surface area contributed by atoms with Crippen LogP contribution in [0.5, 0.6) is 0 Å². The highest BCUT2D eigenvalue weighted by Gasteiger charge is 2.17. The quantitative estimate of drug-likeness (QED) is 0.535. The van der Waals surface area contributed by atoms with E-state index in [9.17, 15) is 4.79 Å². The Morgan fingerprint density at radius 1 is 1.64 bits per heavy atom. The summed E-state index contributed by atoms with van der Waals surface area (Å²) in [6.07, 6.45) is 4.58. The van der Waals surface area contributed by atoms with Crippen LogP contribution >= 0.6 is 12.4 Å². The van der Waals surface area contributed by atoms with Crippen LogP contribution in [0.2, 0.25) is 0 Å². The van der Waals surface area contributed by atoms with Crippen molar-refractivity contribution in [1.82, 2.24) is 4.90 Å². The van der Waals surface area contributed by atoms with Gasteiger partial charge in [0.25, 0.3) is 0 Å². The Balaban J connectivity index is 0.000001000. The number of hydrogen-bond donors (Lipinski definition) is 1. The molecule has 1 aliphatic rings. The van der Waals surface area contributed by atoms with Crippen LogP contribution in [0, 0.1) is 0 Å². The van der Waals surface area contributed by atoms with Crippen molar-refractivity contribution in [2.45, 2.75) is 12.5 Å². The standard InChI is InChI=1S/C7H12N2O.ClH/c1-9-5-3-2-4-6(8)7(9)10;/h2-3,6H,4-5,8H2,1H3;1H/t6-;/m0./s1. The Morgan fingerprint density at radius 2 is 2.27 bits per heavy atom. The third-order valence-electron chi connectivity index (χ3n) is 1.63. The molecule has 0 aromatic carbocycles. The minimum absolute atomic E-state index is 0. The molecule has 0 bridgehead atoms. The van der Waals surface area contributed by atoms with E-state index in [4.69, 9.17) is 5.73 Å². The van der Waals surface area contributed by atoms with E-state index in [0.29, 0.717) is 13.0 Å². The molecule has 3 nitrogen and oxygen atoms in total.